The molecule has 9 nitrogen and oxygen atoms in total. The quantitative estimate of drug-likeness (QED) is 0.504. The lowest BCUT2D eigenvalue weighted by Gasteiger charge is -2.27. The van der Waals surface area contributed by atoms with Crippen LogP contribution in [0.5, 0.6) is 0 Å². The minimum absolute atomic E-state index is 0.0788. The minimum Gasteiger partial charge on any atom is -0.355 e. The van der Waals surface area contributed by atoms with Gasteiger partial charge in [0.15, 0.2) is 5.96 Å². The minimum atomic E-state index is -3.21. The van der Waals surface area contributed by atoms with E-state index in [0.717, 1.165) is 42.5 Å². The molecule has 0 aliphatic carbocycles. The van der Waals surface area contributed by atoms with Crippen molar-refractivity contribution >= 4 is 27.7 Å². The Kier molecular flexibility index (Phi) is 6.41. The first-order valence-electron chi connectivity index (χ1n) is 8.91. The highest BCUT2D eigenvalue weighted by atomic mass is 32.2. The molecule has 0 saturated carbocycles. The van der Waals surface area contributed by atoms with Gasteiger partial charge in [-0.25, -0.2) is 22.4 Å². The van der Waals surface area contributed by atoms with Crippen molar-refractivity contribution in [3.05, 3.63) is 11.6 Å². The van der Waals surface area contributed by atoms with Crippen LogP contribution in [-0.2, 0) is 23.0 Å². The molecule has 0 amide bonds. The van der Waals surface area contributed by atoms with Crippen molar-refractivity contribution < 1.29 is 8.42 Å². The van der Waals surface area contributed by atoms with Crippen molar-refractivity contribution in [1.29, 1.82) is 0 Å². The number of aromatic nitrogens is 3. The third-order valence-corrected chi connectivity index (χ3v) is 7.36. The normalized spacial score (nSPS) is 22.1. The molecule has 26 heavy (non-hydrogen) atoms. The van der Waals surface area contributed by atoms with Gasteiger partial charge in [0.1, 0.15) is 11.6 Å². The Balaban J connectivity index is 1.46. The first kappa shape index (κ1) is 19.4. The molecule has 0 bridgehead atoms. The molecule has 3 heterocycles. The number of aryl methyl sites for hydroxylation is 2. The molecule has 1 aromatic heterocycles. The molecule has 2 aliphatic heterocycles. The maximum atomic E-state index is 12.4. The predicted molar refractivity (Wildman–Crippen MR) is 104 cm³/mol. The van der Waals surface area contributed by atoms with Crippen LogP contribution in [0.2, 0.25) is 0 Å². The summed E-state index contributed by atoms with van der Waals surface area (Å²) in [6.45, 7) is 4.20. The standard InChI is InChI=1S/C15H27N7O2S2/c1-12-18-14-4-3-13(11-22(14)20-12)19-15(16-2)17-5-10-26(23,24)21-6-8-25-9-7-21/h13H,3-11H2,1-2H3,(H2,16,17,19). The van der Waals surface area contributed by atoms with Gasteiger partial charge in [0.25, 0.3) is 0 Å². The van der Waals surface area contributed by atoms with E-state index in [4.69, 9.17) is 0 Å². The summed E-state index contributed by atoms with van der Waals surface area (Å²) in [6.07, 6.45) is 1.82. The molecule has 0 aromatic carbocycles. The van der Waals surface area contributed by atoms with Crippen LogP contribution in [0.3, 0.4) is 0 Å². The van der Waals surface area contributed by atoms with Crippen molar-refractivity contribution in [2.45, 2.75) is 32.4 Å². The van der Waals surface area contributed by atoms with Crippen LogP contribution in [0.1, 0.15) is 18.1 Å². The lowest BCUT2D eigenvalue weighted by molar-refractivity contribution is 0.392. The van der Waals surface area contributed by atoms with Crippen LogP contribution in [0.15, 0.2) is 4.99 Å². The van der Waals surface area contributed by atoms with E-state index in [1.54, 1.807) is 23.1 Å². The molecular formula is C15H27N7O2S2. The van der Waals surface area contributed by atoms with E-state index in [0.29, 0.717) is 25.6 Å². The molecule has 1 unspecified atom stereocenters. The number of thioether (sulfide) groups is 1. The smallest absolute Gasteiger partial charge is 0.215 e. The van der Waals surface area contributed by atoms with Crippen LogP contribution in [0.25, 0.3) is 0 Å². The Morgan fingerprint density at radius 2 is 2.15 bits per heavy atom. The van der Waals surface area contributed by atoms with Gasteiger partial charge in [0.05, 0.1) is 12.3 Å². The number of nitrogens with one attached hydrogen (secondary N) is 2. The molecule has 2 aliphatic rings. The highest BCUT2D eigenvalue weighted by Crippen LogP contribution is 2.14. The Morgan fingerprint density at radius 3 is 2.88 bits per heavy atom. The van der Waals surface area contributed by atoms with Crippen molar-refractivity contribution in [3.63, 3.8) is 0 Å². The van der Waals surface area contributed by atoms with Gasteiger partial charge in [0, 0.05) is 50.7 Å². The molecular weight excluding hydrogens is 374 g/mol. The fourth-order valence-corrected chi connectivity index (χ4v) is 5.68. The zero-order chi connectivity index (χ0) is 18.6. The molecule has 0 spiro atoms. The van der Waals surface area contributed by atoms with Gasteiger partial charge in [-0.15, -0.1) is 0 Å². The number of fused-ring (bicyclic) bond motifs is 1. The monoisotopic (exact) mass is 401 g/mol. The van der Waals surface area contributed by atoms with Crippen LogP contribution >= 0.6 is 11.8 Å². The number of rotatable bonds is 5. The molecule has 1 fully saturated rings. The highest BCUT2D eigenvalue weighted by molar-refractivity contribution is 7.99. The van der Waals surface area contributed by atoms with E-state index in [-0.39, 0.29) is 11.8 Å². The summed E-state index contributed by atoms with van der Waals surface area (Å²) in [5.74, 6) is 4.27. The molecule has 1 aromatic rings. The van der Waals surface area contributed by atoms with Crippen molar-refractivity contribution in [1.82, 2.24) is 29.7 Å². The second-order valence-corrected chi connectivity index (χ2v) is 9.78. The second-order valence-electron chi connectivity index (χ2n) is 6.46. The summed E-state index contributed by atoms with van der Waals surface area (Å²) in [5.41, 5.74) is 0. The van der Waals surface area contributed by atoms with E-state index in [1.807, 2.05) is 11.6 Å². The summed E-state index contributed by atoms with van der Waals surface area (Å²) < 4.78 is 28.3. The molecule has 1 atom stereocenters. The van der Waals surface area contributed by atoms with Crippen molar-refractivity contribution in [2.24, 2.45) is 4.99 Å². The van der Waals surface area contributed by atoms with Gasteiger partial charge in [-0.05, 0) is 13.3 Å². The average molecular weight is 402 g/mol. The summed E-state index contributed by atoms with van der Waals surface area (Å²) in [5, 5.41) is 10.9. The summed E-state index contributed by atoms with van der Waals surface area (Å²) in [6, 6.07) is 0.200. The molecule has 0 radical (unpaired) electrons. The number of sulfonamides is 1. The van der Waals surface area contributed by atoms with Gasteiger partial charge >= 0.3 is 0 Å². The maximum Gasteiger partial charge on any atom is 0.215 e. The Morgan fingerprint density at radius 1 is 1.38 bits per heavy atom. The van der Waals surface area contributed by atoms with E-state index >= 15 is 0 Å². The predicted octanol–water partition coefficient (Wildman–Crippen LogP) is -0.555. The van der Waals surface area contributed by atoms with Gasteiger partial charge in [0.2, 0.25) is 10.0 Å². The Labute approximate surface area is 159 Å². The van der Waals surface area contributed by atoms with Crippen molar-refractivity contribution in [2.75, 3.05) is 43.9 Å². The lowest BCUT2D eigenvalue weighted by atomic mass is 10.1. The van der Waals surface area contributed by atoms with E-state index in [1.165, 1.54) is 0 Å². The highest BCUT2D eigenvalue weighted by Gasteiger charge is 2.24. The first-order valence-corrected chi connectivity index (χ1v) is 11.7. The van der Waals surface area contributed by atoms with Crippen LogP contribution < -0.4 is 10.6 Å². The fraction of sp³-hybridized carbons (Fsp3) is 0.800. The average Bonchev–Trinajstić information content (AvgIpc) is 3.00. The molecule has 1 saturated heterocycles. The summed E-state index contributed by atoms with van der Waals surface area (Å²) in [4.78, 5) is 8.62. The second kappa shape index (κ2) is 8.57. The number of hydrogen-bond donors (Lipinski definition) is 2. The Hall–Kier alpha value is -1.33. The molecule has 2 N–H and O–H groups in total. The SMILES string of the molecule is CN=C(NCCS(=O)(=O)N1CCSCC1)NC1CCc2nc(C)nn2C1. The molecule has 3 rings (SSSR count). The van der Waals surface area contributed by atoms with Crippen LogP contribution in [0, 0.1) is 6.92 Å². The zero-order valence-corrected chi connectivity index (χ0v) is 16.9. The van der Waals surface area contributed by atoms with Gasteiger partial charge in [-0.1, -0.05) is 0 Å². The Bertz CT molecular complexity index is 741. The first-order chi connectivity index (χ1) is 12.5. The van der Waals surface area contributed by atoms with Gasteiger partial charge in [-0.3, -0.25) is 4.99 Å². The van der Waals surface area contributed by atoms with Gasteiger partial charge in [-0.2, -0.15) is 16.9 Å². The number of hydrogen-bond acceptors (Lipinski definition) is 6. The molecule has 11 heteroatoms. The number of aliphatic imine (C=N–C) groups is 1. The number of guanidine groups is 1. The zero-order valence-electron chi connectivity index (χ0n) is 15.3. The number of nitrogens with zero attached hydrogens (tertiary/aromatic N) is 5. The topological polar surface area (TPSA) is 105 Å². The van der Waals surface area contributed by atoms with Gasteiger partial charge < -0.3 is 10.6 Å². The summed E-state index contributed by atoms with van der Waals surface area (Å²) >= 11 is 1.80. The maximum absolute atomic E-state index is 12.4. The van der Waals surface area contributed by atoms with Crippen LogP contribution in [0.4, 0.5) is 0 Å². The third kappa shape index (κ3) is 4.89. The fourth-order valence-electron chi connectivity index (χ4n) is 3.19. The van der Waals surface area contributed by atoms with E-state index in [9.17, 15) is 8.42 Å². The largest absolute Gasteiger partial charge is 0.355 e. The van der Waals surface area contributed by atoms with E-state index < -0.39 is 10.0 Å². The summed E-state index contributed by atoms with van der Waals surface area (Å²) in [7, 11) is -1.51. The third-order valence-electron chi connectivity index (χ3n) is 4.54. The van der Waals surface area contributed by atoms with Crippen molar-refractivity contribution in [3.8, 4) is 0 Å². The lowest BCUT2D eigenvalue weighted by Crippen LogP contribution is -2.48. The molecule has 146 valence electrons. The van der Waals surface area contributed by atoms with E-state index in [2.05, 4.69) is 25.7 Å². The van der Waals surface area contributed by atoms with Crippen LogP contribution in [-0.4, -0.2) is 83.4 Å².